The standard InChI is InChI=1S/C17H26N2O3S/c18-13-16-10-4-5-11-19(16)17(20)14-23(21,22)12-6-9-15-7-2-1-3-8-15/h1-3,7-8,16H,4-6,9-14,18H2. The van der Waals surface area contributed by atoms with E-state index in [2.05, 4.69) is 0 Å². The van der Waals surface area contributed by atoms with Crippen LogP contribution >= 0.6 is 0 Å². The number of nitrogens with zero attached hydrogens (tertiary/aromatic N) is 1. The maximum atomic E-state index is 12.3. The smallest absolute Gasteiger partial charge is 0.238 e. The van der Waals surface area contributed by atoms with Gasteiger partial charge in [0.25, 0.3) is 0 Å². The second kappa shape index (κ2) is 8.45. The van der Waals surface area contributed by atoms with Gasteiger partial charge in [-0.3, -0.25) is 4.79 Å². The number of benzene rings is 1. The van der Waals surface area contributed by atoms with Gasteiger partial charge in [0.1, 0.15) is 5.75 Å². The summed E-state index contributed by atoms with van der Waals surface area (Å²) in [5.74, 6) is -0.632. The summed E-state index contributed by atoms with van der Waals surface area (Å²) < 4.78 is 24.4. The molecule has 1 heterocycles. The van der Waals surface area contributed by atoms with Crippen molar-refractivity contribution in [2.24, 2.45) is 5.73 Å². The number of carbonyl (C=O) groups excluding carboxylic acids is 1. The van der Waals surface area contributed by atoms with Gasteiger partial charge in [0.2, 0.25) is 5.91 Å². The number of carbonyl (C=O) groups is 1. The van der Waals surface area contributed by atoms with Crippen LogP contribution in [0.1, 0.15) is 31.2 Å². The first-order valence-electron chi connectivity index (χ1n) is 8.26. The summed E-state index contributed by atoms with van der Waals surface area (Å²) in [5.41, 5.74) is 6.82. The molecule has 5 nitrogen and oxygen atoms in total. The molecular formula is C17H26N2O3S. The van der Waals surface area contributed by atoms with Crippen LogP contribution in [-0.4, -0.2) is 49.9 Å². The Morgan fingerprint density at radius 3 is 2.65 bits per heavy atom. The largest absolute Gasteiger partial charge is 0.338 e. The summed E-state index contributed by atoms with van der Waals surface area (Å²) in [6, 6.07) is 9.78. The first kappa shape index (κ1) is 17.9. The van der Waals surface area contributed by atoms with Gasteiger partial charge < -0.3 is 10.6 Å². The Kier molecular flexibility index (Phi) is 6.59. The molecule has 1 aromatic carbocycles. The number of hydrogen-bond acceptors (Lipinski definition) is 4. The molecule has 1 unspecified atom stereocenters. The molecule has 1 aliphatic heterocycles. The highest BCUT2D eigenvalue weighted by Gasteiger charge is 2.28. The Balaban J connectivity index is 1.83. The molecule has 1 aromatic rings. The monoisotopic (exact) mass is 338 g/mol. The van der Waals surface area contributed by atoms with E-state index in [0.29, 0.717) is 25.9 Å². The molecule has 0 radical (unpaired) electrons. The van der Waals surface area contributed by atoms with Crippen LogP contribution in [0.25, 0.3) is 0 Å². The van der Waals surface area contributed by atoms with Gasteiger partial charge in [-0.2, -0.15) is 0 Å². The second-order valence-electron chi connectivity index (χ2n) is 6.15. The summed E-state index contributed by atoms with van der Waals surface area (Å²) in [4.78, 5) is 14.0. The quantitative estimate of drug-likeness (QED) is 0.814. The number of aryl methyl sites for hydroxylation is 1. The SMILES string of the molecule is NCC1CCCCN1C(=O)CS(=O)(=O)CCCc1ccccc1. The Bertz CT molecular complexity index is 602. The van der Waals surface area contributed by atoms with Crippen LogP contribution in [0, 0.1) is 0 Å². The number of nitrogens with two attached hydrogens (primary N) is 1. The Morgan fingerprint density at radius 1 is 1.22 bits per heavy atom. The topological polar surface area (TPSA) is 80.5 Å². The summed E-state index contributed by atoms with van der Waals surface area (Å²) in [5, 5.41) is 0. The van der Waals surface area contributed by atoms with E-state index in [1.54, 1.807) is 4.90 Å². The van der Waals surface area contributed by atoms with Gasteiger partial charge in [-0.15, -0.1) is 0 Å². The number of rotatable bonds is 7. The fourth-order valence-corrected chi connectivity index (χ4v) is 4.33. The van der Waals surface area contributed by atoms with E-state index in [9.17, 15) is 13.2 Å². The van der Waals surface area contributed by atoms with E-state index in [4.69, 9.17) is 5.73 Å². The Hall–Kier alpha value is -1.40. The zero-order valence-electron chi connectivity index (χ0n) is 13.5. The molecule has 0 aliphatic carbocycles. The molecule has 2 N–H and O–H groups in total. The third-order valence-corrected chi connectivity index (χ3v) is 5.92. The number of sulfone groups is 1. The van der Waals surface area contributed by atoms with Crippen molar-refractivity contribution in [1.29, 1.82) is 0 Å². The highest BCUT2D eigenvalue weighted by atomic mass is 32.2. The molecule has 128 valence electrons. The lowest BCUT2D eigenvalue weighted by Crippen LogP contribution is -2.49. The van der Waals surface area contributed by atoms with Crippen molar-refractivity contribution in [3.8, 4) is 0 Å². The average molecular weight is 338 g/mol. The molecule has 1 amide bonds. The molecule has 1 fully saturated rings. The van der Waals surface area contributed by atoms with Crippen LogP contribution in [0.15, 0.2) is 30.3 Å². The van der Waals surface area contributed by atoms with E-state index >= 15 is 0 Å². The first-order valence-corrected chi connectivity index (χ1v) is 10.1. The zero-order chi connectivity index (χ0) is 16.7. The van der Waals surface area contributed by atoms with E-state index in [-0.39, 0.29) is 17.7 Å². The molecule has 0 bridgehead atoms. The third kappa shape index (κ3) is 5.62. The maximum Gasteiger partial charge on any atom is 0.238 e. The summed E-state index contributed by atoms with van der Waals surface area (Å²) >= 11 is 0. The van der Waals surface area contributed by atoms with Crippen LogP contribution in [0.4, 0.5) is 0 Å². The third-order valence-electron chi connectivity index (χ3n) is 4.33. The van der Waals surface area contributed by atoms with Crippen LogP contribution in [0.2, 0.25) is 0 Å². The van der Waals surface area contributed by atoms with Crippen LogP contribution in [-0.2, 0) is 21.1 Å². The van der Waals surface area contributed by atoms with Crippen molar-refractivity contribution >= 4 is 15.7 Å². The molecule has 23 heavy (non-hydrogen) atoms. The summed E-state index contributed by atoms with van der Waals surface area (Å²) in [7, 11) is -3.36. The van der Waals surface area contributed by atoms with E-state index in [1.165, 1.54) is 0 Å². The highest BCUT2D eigenvalue weighted by Crippen LogP contribution is 2.17. The molecule has 0 spiro atoms. The minimum Gasteiger partial charge on any atom is -0.338 e. The lowest BCUT2D eigenvalue weighted by Gasteiger charge is -2.35. The van der Waals surface area contributed by atoms with Crippen molar-refractivity contribution in [3.63, 3.8) is 0 Å². The van der Waals surface area contributed by atoms with Crippen LogP contribution in [0.3, 0.4) is 0 Å². The summed E-state index contributed by atoms with van der Waals surface area (Å²) in [6.07, 6.45) is 4.10. The number of hydrogen-bond donors (Lipinski definition) is 1. The van der Waals surface area contributed by atoms with Crippen molar-refractivity contribution in [2.45, 2.75) is 38.1 Å². The van der Waals surface area contributed by atoms with Gasteiger partial charge in [-0.1, -0.05) is 30.3 Å². The van der Waals surface area contributed by atoms with E-state index in [1.807, 2.05) is 30.3 Å². The van der Waals surface area contributed by atoms with Gasteiger partial charge in [-0.25, -0.2) is 8.42 Å². The van der Waals surface area contributed by atoms with Gasteiger partial charge in [0, 0.05) is 19.1 Å². The molecule has 1 atom stereocenters. The summed E-state index contributed by atoms with van der Waals surface area (Å²) in [6.45, 7) is 1.03. The van der Waals surface area contributed by atoms with Gasteiger partial charge >= 0.3 is 0 Å². The molecule has 2 rings (SSSR count). The molecule has 1 saturated heterocycles. The lowest BCUT2D eigenvalue weighted by molar-refractivity contribution is -0.131. The number of amides is 1. The normalized spacial score (nSPS) is 18.8. The predicted octanol–water partition coefficient (Wildman–Crippen LogP) is 1.37. The first-order chi connectivity index (χ1) is 11.0. The van der Waals surface area contributed by atoms with Crippen molar-refractivity contribution in [1.82, 2.24) is 4.90 Å². The average Bonchev–Trinajstić information content (AvgIpc) is 2.55. The van der Waals surface area contributed by atoms with Crippen LogP contribution in [0.5, 0.6) is 0 Å². The number of piperidine rings is 1. The molecule has 0 saturated carbocycles. The Labute approximate surface area is 138 Å². The van der Waals surface area contributed by atoms with Gasteiger partial charge in [0.05, 0.1) is 5.75 Å². The molecule has 0 aromatic heterocycles. The highest BCUT2D eigenvalue weighted by molar-refractivity contribution is 7.92. The number of likely N-dealkylation sites (tertiary alicyclic amines) is 1. The zero-order valence-corrected chi connectivity index (χ0v) is 14.3. The minimum atomic E-state index is -3.36. The van der Waals surface area contributed by atoms with Gasteiger partial charge in [0.15, 0.2) is 9.84 Å². The predicted molar refractivity (Wildman–Crippen MR) is 91.8 cm³/mol. The lowest BCUT2D eigenvalue weighted by atomic mass is 10.0. The van der Waals surface area contributed by atoms with Crippen molar-refractivity contribution in [2.75, 3.05) is 24.6 Å². The fraction of sp³-hybridized carbons (Fsp3) is 0.588. The molecular weight excluding hydrogens is 312 g/mol. The van der Waals surface area contributed by atoms with Gasteiger partial charge in [-0.05, 0) is 37.7 Å². The van der Waals surface area contributed by atoms with Crippen molar-refractivity contribution in [3.05, 3.63) is 35.9 Å². The minimum absolute atomic E-state index is 0.00392. The van der Waals surface area contributed by atoms with E-state index in [0.717, 1.165) is 24.8 Å². The van der Waals surface area contributed by atoms with Crippen LogP contribution < -0.4 is 5.73 Å². The van der Waals surface area contributed by atoms with Crippen molar-refractivity contribution < 1.29 is 13.2 Å². The maximum absolute atomic E-state index is 12.3. The van der Waals surface area contributed by atoms with E-state index < -0.39 is 15.6 Å². The molecule has 6 heteroatoms. The second-order valence-corrected chi connectivity index (χ2v) is 8.34. The molecule has 1 aliphatic rings. The Morgan fingerprint density at radius 2 is 1.96 bits per heavy atom. The fourth-order valence-electron chi connectivity index (χ4n) is 3.06.